The molecule has 0 saturated carbocycles. The summed E-state index contributed by atoms with van der Waals surface area (Å²) in [5.41, 5.74) is 0. The molecule has 0 aromatic heterocycles. The molecule has 2 aromatic carbocycles. The van der Waals surface area contributed by atoms with Crippen LogP contribution in [0.2, 0.25) is 10.0 Å². The molecular weight excluding hydrogens is 303 g/mol. The van der Waals surface area contributed by atoms with E-state index in [0.29, 0.717) is 10.8 Å². The molecule has 0 aliphatic carbocycles. The van der Waals surface area contributed by atoms with E-state index in [1.165, 1.54) is 12.1 Å². The fraction of sp³-hybridized carbons (Fsp3) is 0.0714. The van der Waals surface area contributed by atoms with Crippen LogP contribution in [0, 0.1) is 0 Å². The molecular formula is C14H10Cl2O4. The summed E-state index contributed by atoms with van der Waals surface area (Å²) in [5.74, 6) is -0.704. The molecule has 0 spiro atoms. The predicted octanol–water partition coefficient (Wildman–Crippen LogP) is 3.86. The Balaban J connectivity index is 2.15. The first-order chi connectivity index (χ1) is 9.56. The number of ether oxygens (including phenoxy) is 2. The highest BCUT2D eigenvalue weighted by Crippen LogP contribution is 2.28. The first-order valence-electron chi connectivity index (χ1n) is 5.62. The average molecular weight is 313 g/mol. The summed E-state index contributed by atoms with van der Waals surface area (Å²) in [6.45, 7) is 0. The van der Waals surface area contributed by atoms with Crippen LogP contribution in [-0.2, 0) is 4.79 Å². The maximum absolute atomic E-state index is 11.2. The third-order valence-corrected chi connectivity index (χ3v) is 2.85. The Hall–Kier alpha value is -1.91. The van der Waals surface area contributed by atoms with Gasteiger partial charge in [-0.1, -0.05) is 41.4 Å². The first kappa shape index (κ1) is 14.5. The molecule has 6 heteroatoms. The van der Waals surface area contributed by atoms with Gasteiger partial charge >= 0.3 is 12.3 Å². The molecule has 2 rings (SSSR count). The summed E-state index contributed by atoms with van der Waals surface area (Å²) >= 11 is 11.7. The number of hydrogen-bond donors (Lipinski definition) is 1. The quantitative estimate of drug-likeness (QED) is 0.852. The maximum Gasteiger partial charge on any atom is 0.387 e. The van der Waals surface area contributed by atoms with Crippen molar-refractivity contribution in [1.29, 1.82) is 0 Å². The molecule has 0 radical (unpaired) electrons. The molecule has 0 amide bonds. The van der Waals surface area contributed by atoms with Crippen LogP contribution < -0.4 is 9.47 Å². The zero-order chi connectivity index (χ0) is 14.5. The van der Waals surface area contributed by atoms with Crippen LogP contribution in [-0.4, -0.2) is 17.4 Å². The van der Waals surface area contributed by atoms with Crippen LogP contribution in [0.1, 0.15) is 0 Å². The van der Waals surface area contributed by atoms with Crippen molar-refractivity contribution in [3.8, 4) is 11.5 Å². The Morgan fingerprint density at radius 3 is 2.35 bits per heavy atom. The van der Waals surface area contributed by atoms with Crippen molar-refractivity contribution in [3.63, 3.8) is 0 Å². The molecule has 0 heterocycles. The van der Waals surface area contributed by atoms with Gasteiger partial charge in [-0.25, -0.2) is 4.79 Å². The van der Waals surface area contributed by atoms with E-state index in [0.717, 1.165) is 0 Å². The summed E-state index contributed by atoms with van der Waals surface area (Å²) < 4.78 is 10.5. The van der Waals surface area contributed by atoms with Crippen molar-refractivity contribution in [2.75, 3.05) is 0 Å². The number of carboxylic acids is 1. The molecule has 1 N–H and O–H groups in total. The molecule has 0 bridgehead atoms. The highest BCUT2D eigenvalue weighted by molar-refractivity contribution is 6.35. The van der Waals surface area contributed by atoms with Gasteiger partial charge in [0.2, 0.25) is 0 Å². The third-order valence-electron chi connectivity index (χ3n) is 2.32. The minimum absolute atomic E-state index is 0.180. The second-order valence-electron chi connectivity index (χ2n) is 3.79. The van der Waals surface area contributed by atoms with Gasteiger partial charge in [-0.3, -0.25) is 0 Å². The first-order valence-corrected chi connectivity index (χ1v) is 6.38. The van der Waals surface area contributed by atoms with E-state index in [9.17, 15) is 4.79 Å². The number of carboxylic acid groups (broad SMARTS) is 1. The number of rotatable bonds is 5. The lowest BCUT2D eigenvalue weighted by molar-refractivity contribution is -0.158. The lowest BCUT2D eigenvalue weighted by Crippen LogP contribution is -2.33. The van der Waals surface area contributed by atoms with Crippen molar-refractivity contribution >= 4 is 29.2 Å². The van der Waals surface area contributed by atoms with E-state index >= 15 is 0 Å². The van der Waals surface area contributed by atoms with Gasteiger partial charge in [-0.05, 0) is 30.3 Å². The number of para-hydroxylation sites is 1. The normalized spacial score (nSPS) is 11.7. The fourth-order valence-corrected chi connectivity index (χ4v) is 1.89. The fourth-order valence-electron chi connectivity index (χ4n) is 1.43. The van der Waals surface area contributed by atoms with Gasteiger partial charge < -0.3 is 14.6 Å². The SMILES string of the molecule is O=C(O)C(Oc1ccccc1)Oc1ccc(Cl)cc1Cl. The molecule has 4 nitrogen and oxygen atoms in total. The Labute approximate surface area is 125 Å². The van der Waals surface area contributed by atoms with Crippen LogP contribution in [0.15, 0.2) is 48.5 Å². The second-order valence-corrected chi connectivity index (χ2v) is 4.64. The largest absolute Gasteiger partial charge is 0.476 e. The summed E-state index contributed by atoms with van der Waals surface area (Å²) in [5, 5.41) is 9.76. The molecule has 0 saturated heterocycles. The molecule has 1 unspecified atom stereocenters. The second kappa shape index (κ2) is 6.50. The number of hydrogen-bond acceptors (Lipinski definition) is 3. The van der Waals surface area contributed by atoms with E-state index in [1.807, 2.05) is 0 Å². The van der Waals surface area contributed by atoms with Crippen LogP contribution in [0.4, 0.5) is 0 Å². The van der Waals surface area contributed by atoms with E-state index in [1.54, 1.807) is 36.4 Å². The monoisotopic (exact) mass is 312 g/mol. The molecule has 1 atom stereocenters. The molecule has 104 valence electrons. The number of aliphatic carboxylic acids is 1. The number of carbonyl (C=O) groups is 1. The Kier molecular flexibility index (Phi) is 4.71. The summed E-state index contributed by atoms with van der Waals surface area (Å²) in [7, 11) is 0. The van der Waals surface area contributed by atoms with Crippen molar-refractivity contribution < 1.29 is 19.4 Å². The summed E-state index contributed by atoms with van der Waals surface area (Å²) in [4.78, 5) is 11.2. The molecule has 0 aliphatic heterocycles. The topological polar surface area (TPSA) is 55.8 Å². The van der Waals surface area contributed by atoms with Gasteiger partial charge in [0.15, 0.2) is 0 Å². The third kappa shape index (κ3) is 3.79. The van der Waals surface area contributed by atoms with Crippen LogP contribution >= 0.6 is 23.2 Å². The molecule has 2 aromatic rings. The van der Waals surface area contributed by atoms with Crippen molar-refractivity contribution in [3.05, 3.63) is 58.6 Å². The zero-order valence-corrected chi connectivity index (χ0v) is 11.6. The average Bonchev–Trinajstić information content (AvgIpc) is 2.42. The standard InChI is InChI=1S/C14H10Cl2O4/c15-9-6-7-12(11(16)8-9)20-14(13(17)18)19-10-4-2-1-3-5-10/h1-8,14H,(H,17,18). The molecule has 0 aliphatic rings. The molecule has 0 fully saturated rings. The smallest absolute Gasteiger partial charge is 0.387 e. The van der Waals surface area contributed by atoms with Gasteiger partial charge in [-0.2, -0.15) is 0 Å². The highest BCUT2D eigenvalue weighted by Gasteiger charge is 2.22. The van der Waals surface area contributed by atoms with Crippen molar-refractivity contribution in [1.82, 2.24) is 0 Å². The van der Waals surface area contributed by atoms with E-state index in [4.69, 9.17) is 37.8 Å². The van der Waals surface area contributed by atoms with Crippen LogP contribution in [0.3, 0.4) is 0 Å². The lowest BCUT2D eigenvalue weighted by atomic mass is 10.3. The Morgan fingerprint density at radius 1 is 1.05 bits per heavy atom. The summed E-state index contributed by atoms with van der Waals surface area (Å²) in [6, 6.07) is 13.0. The molecule has 20 heavy (non-hydrogen) atoms. The van der Waals surface area contributed by atoms with Gasteiger partial charge in [0, 0.05) is 5.02 Å². The van der Waals surface area contributed by atoms with Crippen molar-refractivity contribution in [2.24, 2.45) is 0 Å². The zero-order valence-electron chi connectivity index (χ0n) is 10.1. The van der Waals surface area contributed by atoms with Gasteiger partial charge in [0.1, 0.15) is 11.5 Å². The minimum Gasteiger partial charge on any atom is -0.476 e. The van der Waals surface area contributed by atoms with Crippen LogP contribution in [0.25, 0.3) is 0 Å². The number of benzene rings is 2. The lowest BCUT2D eigenvalue weighted by Gasteiger charge is -2.17. The van der Waals surface area contributed by atoms with Crippen molar-refractivity contribution in [2.45, 2.75) is 6.29 Å². The van der Waals surface area contributed by atoms with E-state index in [-0.39, 0.29) is 10.8 Å². The maximum atomic E-state index is 11.2. The Bertz CT molecular complexity index is 601. The predicted molar refractivity (Wildman–Crippen MR) is 75.6 cm³/mol. The van der Waals surface area contributed by atoms with E-state index in [2.05, 4.69) is 0 Å². The highest BCUT2D eigenvalue weighted by atomic mass is 35.5. The van der Waals surface area contributed by atoms with Gasteiger partial charge in [0.25, 0.3) is 0 Å². The summed E-state index contributed by atoms with van der Waals surface area (Å²) in [6.07, 6.45) is -1.50. The Morgan fingerprint density at radius 2 is 1.75 bits per heavy atom. The van der Waals surface area contributed by atoms with Gasteiger partial charge in [0.05, 0.1) is 5.02 Å². The van der Waals surface area contributed by atoms with E-state index < -0.39 is 12.3 Å². The van der Waals surface area contributed by atoms with Crippen LogP contribution in [0.5, 0.6) is 11.5 Å². The minimum atomic E-state index is -1.50. The number of halogens is 2. The van der Waals surface area contributed by atoms with Gasteiger partial charge in [-0.15, -0.1) is 0 Å².